The molecule has 0 bridgehead atoms. The lowest BCUT2D eigenvalue weighted by atomic mass is 9.97. The summed E-state index contributed by atoms with van der Waals surface area (Å²) in [4.78, 5) is 0. The van der Waals surface area contributed by atoms with E-state index in [2.05, 4.69) is 5.43 Å². The molecule has 1 atom stereocenters. The van der Waals surface area contributed by atoms with Crippen LogP contribution in [0.2, 0.25) is 0 Å². The molecule has 2 rings (SSSR count). The molecule has 4 nitrogen and oxygen atoms in total. The van der Waals surface area contributed by atoms with Crippen molar-refractivity contribution in [2.75, 3.05) is 14.2 Å². The Bertz CT molecular complexity index is 632. The van der Waals surface area contributed by atoms with E-state index in [-0.39, 0.29) is 5.75 Å². The molecule has 0 heterocycles. The molecule has 0 saturated heterocycles. The zero-order chi connectivity index (χ0) is 15.4. The lowest BCUT2D eigenvalue weighted by molar-refractivity contribution is 0.381. The molecule has 2 aromatic carbocycles. The Morgan fingerprint density at radius 3 is 2.43 bits per heavy atom. The number of nitrogens with two attached hydrogens (primary N) is 1. The number of hydrazine groups is 1. The summed E-state index contributed by atoms with van der Waals surface area (Å²) in [6, 6.07) is 10.1. The van der Waals surface area contributed by atoms with Crippen molar-refractivity contribution in [1.29, 1.82) is 0 Å². The normalized spacial score (nSPS) is 12.0. The maximum atomic E-state index is 14.4. The summed E-state index contributed by atoms with van der Waals surface area (Å²) in [6.45, 7) is 1.94. The van der Waals surface area contributed by atoms with Crippen LogP contribution in [-0.4, -0.2) is 14.2 Å². The van der Waals surface area contributed by atoms with Gasteiger partial charge in [-0.2, -0.15) is 0 Å². The second kappa shape index (κ2) is 6.56. The fourth-order valence-corrected chi connectivity index (χ4v) is 2.29. The molecule has 5 heteroatoms. The van der Waals surface area contributed by atoms with E-state index >= 15 is 0 Å². The molecular formula is C16H19FN2O2. The van der Waals surface area contributed by atoms with Gasteiger partial charge >= 0.3 is 0 Å². The van der Waals surface area contributed by atoms with E-state index < -0.39 is 11.9 Å². The van der Waals surface area contributed by atoms with Gasteiger partial charge in [-0.25, -0.2) is 9.82 Å². The smallest absolute Gasteiger partial charge is 0.170 e. The Hall–Kier alpha value is -2.11. The van der Waals surface area contributed by atoms with E-state index in [1.54, 1.807) is 25.3 Å². The van der Waals surface area contributed by atoms with Crippen LogP contribution in [0.15, 0.2) is 36.4 Å². The molecule has 0 spiro atoms. The maximum Gasteiger partial charge on any atom is 0.170 e. The third-order valence-electron chi connectivity index (χ3n) is 3.46. The van der Waals surface area contributed by atoms with Gasteiger partial charge in [0.25, 0.3) is 0 Å². The zero-order valence-electron chi connectivity index (χ0n) is 12.3. The van der Waals surface area contributed by atoms with E-state index in [0.29, 0.717) is 5.56 Å². The van der Waals surface area contributed by atoms with Crippen LogP contribution in [0.1, 0.15) is 22.7 Å². The van der Waals surface area contributed by atoms with Crippen molar-refractivity contribution in [1.82, 2.24) is 5.43 Å². The summed E-state index contributed by atoms with van der Waals surface area (Å²) < 4.78 is 24.7. The molecule has 1 unspecified atom stereocenters. The maximum absolute atomic E-state index is 14.4. The van der Waals surface area contributed by atoms with Gasteiger partial charge in [0.2, 0.25) is 0 Å². The Labute approximate surface area is 123 Å². The first-order chi connectivity index (χ1) is 10.1. The number of ether oxygens (including phenoxy) is 2. The molecular weight excluding hydrogens is 271 g/mol. The highest BCUT2D eigenvalue weighted by Gasteiger charge is 2.20. The number of hydrogen-bond acceptors (Lipinski definition) is 4. The van der Waals surface area contributed by atoms with Gasteiger partial charge in [0.1, 0.15) is 5.75 Å². The van der Waals surface area contributed by atoms with Crippen molar-refractivity contribution in [3.8, 4) is 11.5 Å². The Morgan fingerprint density at radius 2 is 1.81 bits per heavy atom. The molecule has 0 fully saturated rings. The van der Waals surface area contributed by atoms with Crippen LogP contribution < -0.4 is 20.7 Å². The lowest BCUT2D eigenvalue weighted by Crippen LogP contribution is -2.29. The van der Waals surface area contributed by atoms with Crippen LogP contribution in [0.4, 0.5) is 4.39 Å². The molecule has 21 heavy (non-hydrogen) atoms. The van der Waals surface area contributed by atoms with Crippen molar-refractivity contribution in [2.24, 2.45) is 5.84 Å². The van der Waals surface area contributed by atoms with Crippen LogP contribution in [-0.2, 0) is 0 Å². The molecule has 0 aliphatic heterocycles. The van der Waals surface area contributed by atoms with Gasteiger partial charge in [-0.3, -0.25) is 5.84 Å². The molecule has 0 aromatic heterocycles. The SMILES string of the molecule is COc1cc(C(NN)c2cccc(OC)c2F)ccc1C. The summed E-state index contributed by atoms with van der Waals surface area (Å²) in [7, 11) is 3.03. The van der Waals surface area contributed by atoms with Crippen molar-refractivity contribution in [3.63, 3.8) is 0 Å². The van der Waals surface area contributed by atoms with E-state index in [4.69, 9.17) is 15.3 Å². The second-order valence-electron chi connectivity index (χ2n) is 4.69. The van der Waals surface area contributed by atoms with Crippen molar-refractivity contribution in [2.45, 2.75) is 13.0 Å². The van der Waals surface area contributed by atoms with E-state index in [0.717, 1.165) is 16.9 Å². The predicted molar refractivity (Wildman–Crippen MR) is 79.8 cm³/mol. The van der Waals surface area contributed by atoms with Crippen LogP contribution >= 0.6 is 0 Å². The van der Waals surface area contributed by atoms with E-state index in [1.165, 1.54) is 7.11 Å². The van der Waals surface area contributed by atoms with Gasteiger partial charge in [-0.05, 0) is 30.2 Å². The molecule has 0 aliphatic rings. The first-order valence-corrected chi connectivity index (χ1v) is 6.55. The van der Waals surface area contributed by atoms with Gasteiger partial charge in [0.05, 0.1) is 20.3 Å². The van der Waals surface area contributed by atoms with Gasteiger partial charge < -0.3 is 9.47 Å². The molecule has 0 saturated carbocycles. The number of methoxy groups -OCH3 is 2. The molecule has 2 aromatic rings. The van der Waals surface area contributed by atoms with Crippen LogP contribution in [0.3, 0.4) is 0 Å². The number of benzene rings is 2. The monoisotopic (exact) mass is 290 g/mol. The Morgan fingerprint density at radius 1 is 1.10 bits per heavy atom. The highest BCUT2D eigenvalue weighted by Crippen LogP contribution is 2.31. The van der Waals surface area contributed by atoms with E-state index in [9.17, 15) is 4.39 Å². The quantitative estimate of drug-likeness (QED) is 0.656. The minimum Gasteiger partial charge on any atom is -0.496 e. The molecule has 0 radical (unpaired) electrons. The van der Waals surface area contributed by atoms with E-state index in [1.807, 2.05) is 25.1 Å². The number of hydrogen-bond donors (Lipinski definition) is 2. The number of aryl methyl sites for hydroxylation is 1. The third kappa shape index (κ3) is 2.99. The summed E-state index contributed by atoms with van der Waals surface area (Å²) >= 11 is 0. The minimum absolute atomic E-state index is 0.187. The highest BCUT2D eigenvalue weighted by atomic mass is 19.1. The van der Waals surface area contributed by atoms with Gasteiger partial charge in [0, 0.05) is 5.56 Å². The average Bonchev–Trinajstić information content (AvgIpc) is 2.51. The fraction of sp³-hybridized carbons (Fsp3) is 0.250. The largest absolute Gasteiger partial charge is 0.496 e. The summed E-state index contributed by atoms with van der Waals surface area (Å²) in [5.41, 5.74) is 4.88. The van der Waals surface area contributed by atoms with Crippen LogP contribution in [0.25, 0.3) is 0 Å². The predicted octanol–water partition coefficient (Wildman–Crippen LogP) is 2.70. The van der Waals surface area contributed by atoms with Crippen LogP contribution in [0, 0.1) is 12.7 Å². The van der Waals surface area contributed by atoms with Crippen molar-refractivity contribution in [3.05, 3.63) is 58.9 Å². The third-order valence-corrected chi connectivity index (χ3v) is 3.46. The number of halogens is 1. The van der Waals surface area contributed by atoms with Crippen LogP contribution in [0.5, 0.6) is 11.5 Å². The van der Waals surface area contributed by atoms with Gasteiger partial charge in [0.15, 0.2) is 11.6 Å². The van der Waals surface area contributed by atoms with Crippen molar-refractivity contribution >= 4 is 0 Å². The molecule has 112 valence electrons. The molecule has 0 aliphatic carbocycles. The molecule has 0 amide bonds. The first-order valence-electron chi connectivity index (χ1n) is 6.55. The zero-order valence-corrected chi connectivity index (χ0v) is 12.3. The lowest BCUT2D eigenvalue weighted by Gasteiger charge is -2.19. The summed E-state index contributed by atoms with van der Waals surface area (Å²) in [6.07, 6.45) is 0. The number of nitrogens with one attached hydrogen (secondary N) is 1. The fourth-order valence-electron chi connectivity index (χ4n) is 2.29. The topological polar surface area (TPSA) is 56.5 Å². The van der Waals surface area contributed by atoms with Gasteiger partial charge in [-0.15, -0.1) is 0 Å². The standard InChI is InChI=1S/C16H19FN2O2/c1-10-7-8-11(9-14(10)21-3)16(19-18)12-5-4-6-13(20-2)15(12)17/h4-9,16,19H,18H2,1-3H3. The summed E-state index contributed by atoms with van der Waals surface area (Å²) in [5, 5.41) is 0. The van der Waals surface area contributed by atoms with Crippen molar-refractivity contribution < 1.29 is 13.9 Å². The summed E-state index contributed by atoms with van der Waals surface area (Å²) in [5.74, 6) is 6.12. The average molecular weight is 290 g/mol. The number of rotatable bonds is 5. The second-order valence-corrected chi connectivity index (χ2v) is 4.69. The van der Waals surface area contributed by atoms with Gasteiger partial charge in [-0.1, -0.05) is 24.3 Å². The Balaban J connectivity index is 2.49. The first kappa shape index (κ1) is 15.3. The Kier molecular flexibility index (Phi) is 4.77. The molecule has 3 N–H and O–H groups in total. The minimum atomic E-state index is -0.491. The highest BCUT2D eigenvalue weighted by molar-refractivity contribution is 5.43.